The van der Waals surface area contributed by atoms with Crippen molar-refractivity contribution in [3.63, 3.8) is 0 Å². The van der Waals surface area contributed by atoms with Gasteiger partial charge in [0.1, 0.15) is 11.3 Å². The van der Waals surface area contributed by atoms with Gasteiger partial charge in [-0.3, -0.25) is 0 Å². The van der Waals surface area contributed by atoms with E-state index in [-0.39, 0.29) is 5.82 Å². The average molecular weight is 261 g/mol. The summed E-state index contributed by atoms with van der Waals surface area (Å²) in [4.78, 5) is 6.30. The number of halogens is 1. The van der Waals surface area contributed by atoms with Gasteiger partial charge in [0.2, 0.25) is 0 Å². The highest BCUT2D eigenvalue weighted by atomic mass is 19.1. The van der Waals surface area contributed by atoms with Crippen molar-refractivity contribution in [1.82, 2.24) is 4.98 Å². The maximum Gasteiger partial charge on any atom is 0.149 e. The van der Waals surface area contributed by atoms with Crippen molar-refractivity contribution in [2.24, 2.45) is 5.73 Å². The van der Waals surface area contributed by atoms with Gasteiger partial charge in [0.25, 0.3) is 0 Å². The minimum Gasteiger partial charge on any atom is -0.377 e. The summed E-state index contributed by atoms with van der Waals surface area (Å²) in [5.41, 5.74) is 8.75. The number of hydrogen-bond donors (Lipinski definition) is 1. The van der Waals surface area contributed by atoms with E-state index in [2.05, 4.69) is 4.98 Å². The van der Waals surface area contributed by atoms with Gasteiger partial charge in [0.15, 0.2) is 0 Å². The first kappa shape index (κ1) is 13.7. The Labute approximate surface area is 113 Å². The SMILES string of the molecule is Cc1cc(N(C)C)c2cc(CCCN)cc(F)c2n1. The summed E-state index contributed by atoms with van der Waals surface area (Å²) < 4.78 is 14.2. The predicted octanol–water partition coefficient (Wildman–Crippen LogP) is 2.64. The first-order chi connectivity index (χ1) is 9.02. The van der Waals surface area contributed by atoms with Gasteiger partial charge < -0.3 is 10.6 Å². The number of nitrogens with two attached hydrogens (primary N) is 1. The molecule has 102 valence electrons. The molecule has 0 radical (unpaired) electrons. The minimum atomic E-state index is -0.253. The summed E-state index contributed by atoms with van der Waals surface area (Å²) in [5, 5.41) is 0.864. The molecule has 1 heterocycles. The van der Waals surface area contributed by atoms with E-state index in [9.17, 15) is 4.39 Å². The Kier molecular flexibility index (Phi) is 4.00. The van der Waals surface area contributed by atoms with Crippen LogP contribution in [0.1, 0.15) is 17.7 Å². The standard InChI is InChI=1S/C15H20FN3/c1-10-7-14(19(2)3)12-8-11(5-4-6-17)9-13(16)15(12)18-10/h7-9H,4-6,17H2,1-3H3. The van der Waals surface area contributed by atoms with Crippen LogP contribution in [0.25, 0.3) is 10.9 Å². The number of benzene rings is 1. The molecule has 1 aromatic carbocycles. The third kappa shape index (κ3) is 2.84. The largest absolute Gasteiger partial charge is 0.377 e. The van der Waals surface area contributed by atoms with E-state index < -0.39 is 0 Å². The van der Waals surface area contributed by atoms with Crippen LogP contribution in [0, 0.1) is 12.7 Å². The number of nitrogens with zero attached hydrogens (tertiary/aromatic N) is 2. The Bertz CT molecular complexity index is 593. The van der Waals surface area contributed by atoms with Crippen LogP contribution in [-0.4, -0.2) is 25.6 Å². The molecule has 2 rings (SSSR count). The van der Waals surface area contributed by atoms with Crippen molar-refractivity contribution in [2.75, 3.05) is 25.5 Å². The molecule has 0 fully saturated rings. The third-order valence-electron chi connectivity index (χ3n) is 3.18. The van der Waals surface area contributed by atoms with Crippen LogP contribution in [0.15, 0.2) is 18.2 Å². The zero-order valence-corrected chi connectivity index (χ0v) is 11.7. The molecule has 0 aliphatic rings. The van der Waals surface area contributed by atoms with Crippen LogP contribution < -0.4 is 10.6 Å². The molecule has 0 amide bonds. The van der Waals surface area contributed by atoms with Crippen LogP contribution >= 0.6 is 0 Å². The van der Waals surface area contributed by atoms with Gasteiger partial charge in [-0.25, -0.2) is 9.37 Å². The van der Waals surface area contributed by atoms with Gasteiger partial charge in [-0.15, -0.1) is 0 Å². The number of pyridine rings is 1. The summed E-state index contributed by atoms with van der Waals surface area (Å²) in [6, 6.07) is 5.58. The second-order valence-electron chi connectivity index (χ2n) is 5.04. The van der Waals surface area contributed by atoms with Crippen molar-refractivity contribution < 1.29 is 4.39 Å². The van der Waals surface area contributed by atoms with Crippen molar-refractivity contribution >= 4 is 16.6 Å². The molecule has 2 N–H and O–H groups in total. The average Bonchev–Trinajstić information content (AvgIpc) is 2.36. The maximum atomic E-state index is 14.2. The normalized spacial score (nSPS) is 11.0. The molecule has 0 atom stereocenters. The summed E-state index contributed by atoms with van der Waals surface area (Å²) in [6.45, 7) is 2.50. The van der Waals surface area contributed by atoms with Crippen molar-refractivity contribution in [3.8, 4) is 0 Å². The number of aromatic nitrogens is 1. The molecule has 2 aromatic rings. The van der Waals surface area contributed by atoms with Crippen molar-refractivity contribution in [3.05, 3.63) is 35.3 Å². The van der Waals surface area contributed by atoms with E-state index in [0.717, 1.165) is 35.2 Å². The summed E-state index contributed by atoms with van der Waals surface area (Å²) >= 11 is 0. The predicted molar refractivity (Wildman–Crippen MR) is 78.1 cm³/mol. The van der Waals surface area contributed by atoms with E-state index in [4.69, 9.17) is 5.73 Å². The second-order valence-corrected chi connectivity index (χ2v) is 5.04. The Morgan fingerprint density at radius 3 is 2.63 bits per heavy atom. The molecule has 0 saturated heterocycles. The molecule has 1 aromatic heterocycles. The summed E-state index contributed by atoms with van der Waals surface area (Å²) in [7, 11) is 3.91. The number of hydrogen-bond acceptors (Lipinski definition) is 3. The fourth-order valence-corrected chi connectivity index (χ4v) is 2.27. The molecule has 3 nitrogen and oxygen atoms in total. The summed E-state index contributed by atoms with van der Waals surface area (Å²) in [6.07, 6.45) is 1.66. The van der Waals surface area contributed by atoms with E-state index >= 15 is 0 Å². The zero-order valence-electron chi connectivity index (χ0n) is 11.7. The first-order valence-electron chi connectivity index (χ1n) is 6.50. The van der Waals surface area contributed by atoms with Crippen LogP contribution in [0.4, 0.5) is 10.1 Å². The van der Waals surface area contributed by atoms with E-state index in [1.807, 2.05) is 38.1 Å². The monoisotopic (exact) mass is 261 g/mol. The topological polar surface area (TPSA) is 42.1 Å². The molecule has 0 aliphatic carbocycles. The molecule has 0 aliphatic heterocycles. The van der Waals surface area contributed by atoms with Crippen LogP contribution in [0.3, 0.4) is 0 Å². The molecule has 0 spiro atoms. The van der Waals surface area contributed by atoms with Crippen molar-refractivity contribution in [1.29, 1.82) is 0 Å². The minimum absolute atomic E-state index is 0.253. The molecule has 0 saturated carbocycles. The van der Waals surface area contributed by atoms with Gasteiger partial charge in [-0.1, -0.05) is 0 Å². The number of rotatable bonds is 4. The van der Waals surface area contributed by atoms with Crippen molar-refractivity contribution in [2.45, 2.75) is 19.8 Å². The molecule has 4 heteroatoms. The zero-order chi connectivity index (χ0) is 14.0. The number of fused-ring (bicyclic) bond motifs is 1. The van der Waals surface area contributed by atoms with Gasteiger partial charge in [-0.2, -0.15) is 0 Å². The maximum absolute atomic E-state index is 14.2. The van der Waals surface area contributed by atoms with Crippen LogP contribution in [0.2, 0.25) is 0 Å². The quantitative estimate of drug-likeness (QED) is 0.920. The smallest absolute Gasteiger partial charge is 0.149 e. The van der Waals surface area contributed by atoms with E-state index in [1.54, 1.807) is 6.07 Å². The third-order valence-corrected chi connectivity index (χ3v) is 3.18. The highest BCUT2D eigenvalue weighted by Gasteiger charge is 2.11. The molecule has 0 bridgehead atoms. The van der Waals surface area contributed by atoms with Crippen LogP contribution in [-0.2, 0) is 6.42 Å². The Balaban J connectivity index is 2.63. The second kappa shape index (κ2) is 5.53. The number of anilines is 1. The summed E-state index contributed by atoms with van der Waals surface area (Å²) in [5.74, 6) is -0.253. The molecular weight excluding hydrogens is 241 g/mol. The van der Waals surface area contributed by atoms with Gasteiger partial charge in [-0.05, 0) is 50.1 Å². The fraction of sp³-hybridized carbons (Fsp3) is 0.400. The Morgan fingerprint density at radius 1 is 1.26 bits per heavy atom. The van der Waals surface area contributed by atoms with E-state index in [0.29, 0.717) is 12.1 Å². The molecule has 19 heavy (non-hydrogen) atoms. The van der Waals surface area contributed by atoms with Gasteiger partial charge >= 0.3 is 0 Å². The van der Waals surface area contributed by atoms with Gasteiger partial charge in [0, 0.05) is 30.9 Å². The van der Waals surface area contributed by atoms with Crippen LogP contribution in [0.5, 0.6) is 0 Å². The van der Waals surface area contributed by atoms with E-state index in [1.165, 1.54) is 0 Å². The number of aryl methyl sites for hydroxylation is 2. The Hall–Kier alpha value is -1.68. The lowest BCUT2D eigenvalue weighted by Gasteiger charge is -2.17. The highest BCUT2D eigenvalue weighted by molar-refractivity contribution is 5.92. The first-order valence-corrected chi connectivity index (χ1v) is 6.50. The van der Waals surface area contributed by atoms with Gasteiger partial charge in [0.05, 0.1) is 0 Å². The highest BCUT2D eigenvalue weighted by Crippen LogP contribution is 2.28. The molecule has 0 unspecified atom stereocenters. The lowest BCUT2D eigenvalue weighted by atomic mass is 10.0. The Morgan fingerprint density at radius 2 is 2.00 bits per heavy atom. The fourth-order valence-electron chi connectivity index (χ4n) is 2.27. The lowest BCUT2D eigenvalue weighted by molar-refractivity contribution is 0.633. The lowest BCUT2D eigenvalue weighted by Crippen LogP contribution is -2.10. The molecular formula is C15H20FN3.